The van der Waals surface area contributed by atoms with E-state index in [4.69, 9.17) is 0 Å². The summed E-state index contributed by atoms with van der Waals surface area (Å²) in [5.41, 5.74) is 3.69. The standard InChI is InChI=1S/C16H23N7O/c1-11(2)23-14-9-22(19-16(14)12(3)18-23)10-15(24)20(4)8-13-6-7-17-21(13)5/h6-7,9,11H,8,10H2,1-5H3. The Balaban J connectivity index is 1.75. The number of aromatic nitrogens is 6. The number of amides is 1. The molecule has 0 bridgehead atoms. The lowest BCUT2D eigenvalue weighted by molar-refractivity contribution is -0.131. The second-order valence-corrected chi connectivity index (χ2v) is 6.38. The van der Waals surface area contributed by atoms with Gasteiger partial charge in [-0.25, -0.2) is 0 Å². The number of hydrogen-bond donors (Lipinski definition) is 0. The molecule has 0 atom stereocenters. The topological polar surface area (TPSA) is 73.8 Å². The Hall–Kier alpha value is -2.64. The van der Waals surface area contributed by atoms with E-state index in [0.29, 0.717) is 6.54 Å². The van der Waals surface area contributed by atoms with E-state index in [-0.39, 0.29) is 18.5 Å². The average Bonchev–Trinajstić information content (AvgIpc) is 3.17. The van der Waals surface area contributed by atoms with Crippen LogP contribution in [0.2, 0.25) is 0 Å². The Morgan fingerprint density at radius 1 is 1.33 bits per heavy atom. The smallest absolute Gasteiger partial charge is 0.244 e. The molecule has 0 fully saturated rings. The van der Waals surface area contributed by atoms with Crippen LogP contribution >= 0.6 is 0 Å². The maximum absolute atomic E-state index is 12.5. The van der Waals surface area contributed by atoms with Gasteiger partial charge < -0.3 is 4.90 Å². The lowest BCUT2D eigenvalue weighted by Gasteiger charge is -2.17. The van der Waals surface area contributed by atoms with Crippen LogP contribution in [0.4, 0.5) is 0 Å². The van der Waals surface area contributed by atoms with Crippen molar-refractivity contribution < 1.29 is 4.79 Å². The van der Waals surface area contributed by atoms with E-state index >= 15 is 0 Å². The van der Waals surface area contributed by atoms with Crippen molar-refractivity contribution in [3.05, 3.63) is 29.8 Å². The second-order valence-electron chi connectivity index (χ2n) is 6.38. The molecule has 3 aromatic heterocycles. The van der Waals surface area contributed by atoms with Gasteiger partial charge in [-0.2, -0.15) is 15.3 Å². The van der Waals surface area contributed by atoms with Crippen LogP contribution in [-0.4, -0.2) is 47.2 Å². The summed E-state index contributed by atoms with van der Waals surface area (Å²) < 4.78 is 5.41. The fraction of sp³-hybridized carbons (Fsp3) is 0.500. The number of hydrogen-bond acceptors (Lipinski definition) is 4. The molecule has 24 heavy (non-hydrogen) atoms. The third-order valence-electron chi connectivity index (χ3n) is 4.12. The second kappa shape index (κ2) is 6.10. The Kier molecular flexibility index (Phi) is 4.13. The van der Waals surface area contributed by atoms with Crippen LogP contribution in [0, 0.1) is 6.92 Å². The van der Waals surface area contributed by atoms with Crippen LogP contribution in [0.1, 0.15) is 31.3 Å². The molecule has 0 aliphatic carbocycles. The van der Waals surface area contributed by atoms with E-state index in [1.54, 1.807) is 27.5 Å². The van der Waals surface area contributed by atoms with Crippen LogP contribution in [-0.2, 0) is 24.9 Å². The van der Waals surface area contributed by atoms with Crippen LogP contribution in [0.5, 0.6) is 0 Å². The highest BCUT2D eigenvalue weighted by atomic mass is 16.2. The Morgan fingerprint density at radius 2 is 2.08 bits per heavy atom. The molecule has 0 spiro atoms. The summed E-state index contributed by atoms with van der Waals surface area (Å²) >= 11 is 0. The van der Waals surface area contributed by atoms with Gasteiger partial charge in [-0.15, -0.1) is 0 Å². The molecule has 0 saturated carbocycles. The third-order valence-corrected chi connectivity index (χ3v) is 4.12. The van der Waals surface area contributed by atoms with Crippen molar-refractivity contribution in [1.82, 2.24) is 34.2 Å². The maximum Gasteiger partial charge on any atom is 0.244 e. The van der Waals surface area contributed by atoms with Crippen molar-refractivity contribution in [2.75, 3.05) is 7.05 Å². The minimum atomic E-state index is 0.00284. The molecule has 0 aromatic carbocycles. The van der Waals surface area contributed by atoms with Crippen LogP contribution in [0.3, 0.4) is 0 Å². The number of aryl methyl sites for hydroxylation is 2. The maximum atomic E-state index is 12.5. The van der Waals surface area contributed by atoms with Gasteiger partial charge in [-0.1, -0.05) is 0 Å². The molecule has 3 aromatic rings. The molecule has 0 unspecified atom stereocenters. The number of likely N-dealkylation sites (N-methyl/N-ethyl adjacent to an activating group) is 1. The van der Waals surface area contributed by atoms with E-state index in [0.717, 1.165) is 22.4 Å². The minimum Gasteiger partial charge on any atom is -0.338 e. The lowest BCUT2D eigenvalue weighted by Crippen LogP contribution is -2.30. The summed E-state index contributed by atoms with van der Waals surface area (Å²) in [5.74, 6) is 0.00284. The monoisotopic (exact) mass is 329 g/mol. The summed E-state index contributed by atoms with van der Waals surface area (Å²) in [5, 5.41) is 13.1. The van der Waals surface area contributed by atoms with Gasteiger partial charge in [0.25, 0.3) is 0 Å². The molecule has 0 saturated heterocycles. The summed E-state index contributed by atoms with van der Waals surface area (Å²) in [7, 11) is 3.66. The first kappa shape index (κ1) is 16.2. The molecule has 0 N–H and O–H groups in total. The summed E-state index contributed by atoms with van der Waals surface area (Å²) in [6, 6.07) is 2.16. The van der Waals surface area contributed by atoms with Gasteiger partial charge in [0.2, 0.25) is 5.91 Å². The lowest BCUT2D eigenvalue weighted by atomic mass is 10.3. The zero-order valence-electron chi connectivity index (χ0n) is 14.8. The fourth-order valence-electron chi connectivity index (χ4n) is 2.72. The first-order valence-corrected chi connectivity index (χ1v) is 8.00. The fourth-order valence-corrected chi connectivity index (χ4v) is 2.72. The average molecular weight is 329 g/mol. The van der Waals surface area contributed by atoms with E-state index in [1.165, 1.54) is 0 Å². The Bertz CT molecular complexity index is 870. The molecule has 3 heterocycles. The quantitative estimate of drug-likeness (QED) is 0.711. The van der Waals surface area contributed by atoms with Gasteiger partial charge in [-0.05, 0) is 26.8 Å². The summed E-state index contributed by atoms with van der Waals surface area (Å²) in [6.07, 6.45) is 3.62. The first-order valence-electron chi connectivity index (χ1n) is 8.00. The molecular formula is C16H23N7O. The third kappa shape index (κ3) is 2.91. The molecule has 0 radical (unpaired) electrons. The van der Waals surface area contributed by atoms with E-state index < -0.39 is 0 Å². The number of fused-ring (bicyclic) bond motifs is 1. The minimum absolute atomic E-state index is 0.00284. The van der Waals surface area contributed by atoms with Crippen molar-refractivity contribution in [2.24, 2.45) is 7.05 Å². The van der Waals surface area contributed by atoms with Crippen molar-refractivity contribution in [3.63, 3.8) is 0 Å². The highest BCUT2D eigenvalue weighted by Gasteiger charge is 2.17. The zero-order valence-corrected chi connectivity index (χ0v) is 14.8. The molecule has 3 rings (SSSR count). The van der Waals surface area contributed by atoms with Crippen molar-refractivity contribution >= 4 is 16.9 Å². The van der Waals surface area contributed by atoms with Gasteiger partial charge in [-0.3, -0.25) is 18.8 Å². The molecule has 0 aliphatic rings. The van der Waals surface area contributed by atoms with Crippen LogP contribution in [0.25, 0.3) is 11.0 Å². The molecule has 128 valence electrons. The van der Waals surface area contributed by atoms with Crippen molar-refractivity contribution in [1.29, 1.82) is 0 Å². The molecule has 1 amide bonds. The molecular weight excluding hydrogens is 306 g/mol. The number of carbonyl (C=O) groups excluding carboxylic acids is 1. The SMILES string of the molecule is Cc1nn(C(C)C)c2cn(CC(=O)N(C)Cc3ccnn3C)nc12. The number of rotatable bonds is 5. The predicted octanol–water partition coefficient (Wildman–Crippen LogP) is 1.51. The number of carbonyl (C=O) groups is 1. The highest BCUT2D eigenvalue weighted by Crippen LogP contribution is 2.20. The highest BCUT2D eigenvalue weighted by molar-refractivity contribution is 5.79. The largest absolute Gasteiger partial charge is 0.338 e. The van der Waals surface area contributed by atoms with Gasteiger partial charge in [0.05, 0.1) is 24.1 Å². The summed E-state index contributed by atoms with van der Waals surface area (Å²) in [6.45, 7) is 6.83. The van der Waals surface area contributed by atoms with Crippen molar-refractivity contribution in [3.8, 4) is 0 Å². The molecule has 8 nitrogen and oxygen atoms in total. The van der Waals surface area contributed by atoms with Gasteiger partial charge in [0, 0.05) is 26.3 Å². The predicted molar refractivity (Wildman–Crippen MR) is 90.3 cm³/mol. The Labute approximate surface area is 140 Å². The zero-order chi connectivity index (χ0) is 17.4. The van der Waals surface area contributed by atoms with Crippen LogP contribution < -0.4 is 0 Å². The molecule has 0 aliphatic heterocycles. The van der Waals surface area contributed by atoms with E-state index in [1.807, 2.05) is 30.9 Å². The van der Waals surface area contributed by atoms with Crippen molar-refractivity contribution in [2.45, 2.75) is 39.9 Å². The van der Waals surface area contributed by atoms with Gasteiger partial charge in [0.1, 0.15) is 17.6 Å². The van der Waals surface area contributed by atoms with Gasteiger partial charge >= 0.3 is 0 Å². The first-order chi connectivity index (χ1) is 11.4. The van der Waals surface area contributed by atoms with E-state index in [9.17, 15) is 4.79 Å². The molecule has 8 heteroatoms. The normalized spacial score (nSPS) is 11.6. The Morgan fingerprint density at radius 3 is 2.71 bits per heavy atom. The summed E-state index contributed by atoms with van der Waals surface area (Å²) in [4.78, 5) is 14.2. The van der Waals surface area contributed by atoms with Crippen LogP contribution in [0.15, 0.2) is 18.5 Å². The number of nitrogens with zero attached hydrogens (tertiary/aromatic N) is 7. The van der Waals surface area contributed by atoms with E-state index in [2.05, 4.69) is 29.1 Å². The van der Waals surface area contributed by atoms with Gasteiger partial charge in [0.15, 0.2) is 0 Å².